The lowest BCUT2D eigenvalue weighted by Gasteiger charge is -2.36. The molecule has 33 heavy (non-hydrogen) atoms. The van der Waals surface area contributed by atoms with Crippen molar-refractivity contribution in [3.63, 3.8) is 0 Å². The Balaban J connectivity index is 2.31. The third kappa shape index (κ3) is 6.46. The van der Waals surface area contributed by atoms with Gasteiger partial charge in [-0.3, -0.25) is 9.59 Å². The number of carboxylic acid groups (broad SMARTS) is 1. The van der Waals surface area contributed by atoms with Gasteiger partial charge >= 0.3 is 6.09 Å². The van der Waals surface area contributed by atoms with Crippen molar-refractivity contribution < 1.29 is 29.7 Å². The summed E-state index contributed by atoms with van der Waals surface area (Å²) in [6.45, 7) is 8.11. The molecule has 1 heterocycles. The van der Waals surface area contributed by atoms with Gasteiger partial charge in [0.1, 0.15) is 12.1 Å². The number of hydrogen-bond donors (Lipinski definition) is 5. The van der Waals surface area contributed by atoms with Crippen LogP contribution < -0.4 is 10.6 Å². The number of nitrogens with zero attached hydrogens (tertiary/aromatic N) is 1. The highest BCUT2D eigenvalue weighted by Gasteiger charge is 2.45. The van der Waals surface area contributed by atoms with Crippen LogP contribution in [0.25, 0.3) is 0 Å². The Labute approximate surface area is 194 Å². The first kappa shape index (κ1) is 26.2. The average molecular weight is 460 g/mol. The Morgan fingerprint density at radius 1 is 1.12 bits per heavy atom. The summed E-state index contributed by atoms with van der Waals surface area (Å²) in [5.41, 5.74) is -0.850. The number of likely N-dealkylation sites (tertiary alicyclic amines) is 1. The van der Waals surface area contributed by atoms with E-state index in [9.17, 15) is 29.7 Å². The molecular formula is C24H33N3O6. The minimum absolute atomic E-state index is 0.00385. The van der Waals surface area contributed by atoms with Crippen molar-refractivity contribution in [1.29, 1.82) is 0 Å². The molecule has 1 unspecified atom stereocenters. The van der Waals surface area contributed by atoms with Gasteiger partial charge in [-0.15, -0.1) is 6.42 Å². The van der Waals surface area contributed by atoms with Gasteiger partial charge in [0.25, 0.3) is 0 Å². The molecule has 0 saturated carbocycles. The molecule has 1 saturated heterocycles. The molecule has 0 aromatic heterocycles. The number of aliphatic hydroxyl groups excluding tert-OH is 1. The molecule has 9 nitrogen and oxygen atoms in total. The van der Waals surface area contributed by atoms with E-state index < -0.39 is 53.2 Å². The van der Waals surface area contributed by atoms with Crippen LogP contribution in [-0.2, 0) is 9.59 Å². The summed E-state index contributed by atoms with van der Waals surface area (Å²) < 4.78 is 0. The van der Waals surface area contributed by atoms with Crippen molar-refractivity contribution in [3.05, 3.63) is 35.4 Å². The summed E-state index contributed by atoms with van der Waals surface area (Å²) in [6, 6.07) is 3.84. The number of terminal acetylenes is 1. The van der Waals surface area contributed by atoms with Crippen molar-refractivity contribution in [3.8, 4) is 12.3 Å². The van der Waals surface area contributed by atoms with E-state index in [1.165, 1.54) is 4.90 Å². The van der Waals surface area contributed by atoms with E-state index >= 15 is 0 Å². The summed E-state index contributed by atoms with van der Waals surface area (Å²) in [5, 5.41) is 35.1. The molecule has 1 aromatic rings. The summed E-state index contributed by atoms with van der Waals surface area (Å²) in [6.07, 6.45) is 3.09. The van der Waals surface area contributed by atoms with E-state index in [1.807, 2.05) is 0 Å². The van der Waals surface area contributed by atoms with Crippen molar-refractivity contribution >= 4 is 17.9 Å². The van der Waals surface area contributed by atoms with Crippen LogP contribution in [0.5, 0.6) is 0 Å². The zero-order valence-electron chi connectivity index (χ0n) is 19.6. The normalized spacial score (nSPS) is 20.5. The second kappa shape index (κ2) is 9.81. The summed E-state index contributed by atoms with van der Waals surface area (Å²) in [4.78, 5) is 39.0. The zero-order chi connectivity index (χ0) is 25.1. The molecule has 0 aliphatic carbocycles. The first-order valence-electron chi connectivity index (χ1n) is 10.7. The van der Waals surface area contributed by atoms with Crippen LogP contribution in [0.4, 0.5) is 4.79 Å². The molecule has 0 spiro atoms. The van der Waals surface area contributed by atoms with E-state index in [1.54, 1.807) is 58.9 Å². The molecule has 3 amide bonds. The second-order valence-corrected chi connectivity index (χ2v) is 10.0. The number of benzene rings is 1. The molecule has 1 aromatic carbocycles. The highest BCUT2D eigenvalue weighted by Crippen LogP contribution is 2.29. The number of aliphatic hydroxyl groups is 2. The molecule has 0 radical (unpaired) electrons. The minimum atomic E-state index is -1.36. The maximum Gasteiger partial charge on any atom is 0.405 e. The maximum absolute atomic E-state index is 13.3. The monoisotopic (exact) mass is 459 g/mol. The summed E-state index contributed by atoms with van der Waals surface area (Å²) in [5.74, 6) is 1.35. The zero-order valence-corrected chi connectivity index (χ0v) is 19.6. The van der Waals surface area contributed by atoms with Gasteiger partial charge in [0.05, 0.1) is 17.7 Å². The Morgan fingerprint density at radius 3 is 2.15 bits per heavy atom. The lowest BCUT2D eigenvalue weighted by atomic mass is 9.85. The Hall–Kier alpha value is -3.09. The van der Waals surface area contributed by atoms with Gasteiger partial charge in [0, 0.05) is 18.5 Å². The van der Waals surface area contributed by atoms with Gasteiger partial charge in [-0.05, 0) is 37.0 Å². The maximum atomic E-state index is 13.3. The molecule has 180 valence electrons. The Bertz CT molecular complexity index is 923. The first-order chi connectivity index (χ1) is 15.1. The molecule has 5 N–H and O–H groups in total. The van der Waals surface area contributed by atoms with Crippen LogP contribution >= 0.6 is 0 Å². The Morgan fingerprint density at radius 2 is 1.70 bits per heavy atom. The molecule has 9 heteroatoms. The van der Waals surface area contributed by atoms with Gasteiger partial charge in [-0.1, -0.05) is 38.8 Å². The van der Waals surface area contributed by atoms with Gasteiger partial charge in [0.2, 0.25) is 11.8 Å². The van der Waals surface area contributed by atoms with Crippen molar-refractivity contribution in [1.82, 2.24) is 15.5 Å². The van der Waals surface area contributed by atoms with Gasteiger partial charge in [0.15, 0.2) is 0 Å². The highest BCUT2D eigenvalue weighted by molar-refractivity contribution is 5.92. The summed E-state index contributed by atoms with van der Waals surface area (Å²) >= 11 is 0. The molecule has 1 fully saturated rings. The largest absolute Gasteiger partial charge is 0.465 e. The van der Waals surface area contributed by atoms with Crippen LogP contribution in [0.2, 0.25) is 0 Å². The van der Waals surface area contributed by atoms with E-state index in [0.29, 0.717) is 11.1 Å². The number of carbonyl (C=O) groups is 3. The van der Waals surface area contributed by atoms with Crippen LogP contribution in [0.3, 0.4) is 0 Å². The fraction of sp³-hybridized carbons (Fsp3) is 0.542. The molecule has 0 bridgehead atoms. The Kier molecular flexibility index (Phi) is 7.78. The number of nitrogens with one attached hydrogen (secondary N) is 2. The van der Waals surface area contributed by atoms with Crippen LogP contribution in [-0.4, -0.2) is 68.5 Å². The quantitative estimate of drug-likeness (QED) is 0.406. The van der Waals surface area contributed by atoms with E-state index in [0.717, 1.165) is 0 Å². The number of hydrogen-bond acceptors (Lipinski definition) is 5. The molecule has 1 aliphatic heterocycles. The smallest absolute Gasteiger partial charge is 0.405 e. The standard InChI is InChI=1S/C24H33N3O6/c1-7-14-8-10-15(11-9-14)18(24(5,6)33)25-20(29)17-12-16(28)13-27(17)21(30)19(23(2,3)4)26-22(31)32/h1,8-11,16-19,26,28,33H,12-13H2,2-6H3,(H,25,29)(H,31,32)/t16-,17+,18-,19?/m1/s1. The van der Waals surface area contributed by atoms with Gasteiger partial charge in [-0.25, -0.2) is 4.79 Å². The fourth-order valence-electron chi connectivity index (χ4n) is 3.92. The fourth-order valence-corrected chi connectivity index (χ4v) is 3.92. The van der Waals surface area contributed by atoms with Crippen molar-refractivity contribution in [2.24, 2.45) is 5.41 Å². The van der Waals surface area contributed by atoms with Crippen LogP contribution in [0, 0.1) is 17.8 Å². The third-order valence-corrected chi connectivity index (χ3v) is 5.65. The summed E-state index contributed by atoms with van der Waals surface area (Å²) in [7, 11) is 0. The van der Waals surface area contributed by atoms with E-state index in [4.69, 9.17) is 6.42 Å². The van der Waals surface area contributed by atoms with E-state index in [2.05, 4.69) is 16.6 Å². The molecule has 2 rings (SSSR count). The minimum Gasteiger partial charge on any atom is -0.465 e. The number of carbonyl (C=O) groups excluding carboxylic acids is 2. The van der Waals surface area contributed by atoms with Crippen LogP contribution in [0.15, 0.2) is 24.3 Å². The van der Waals surface area contributed by atoms with Crippen molar-refractivity contribution in [2.45, 2.75) is 70.9 Å². The molecule has 4 atom stereocenters. The number of amides is 3. The predicted octanol–water partition coefficient (Wildman–Crippen LogP) is 1.24. The SMILES string of the molecule is C#Cc1ccc([C@@H](NC(=O)[C@@H]2C[C@@H](O)CN2C(=O)C(NC(=O)O)C(C)(C)C)C(C)(C)O)cc1. The predicted molar refractivity (Wildman–Crippen MR) is 122 cm³/mol. The van der Waals surface area contributed by atoms with E-state index in [-0.39, 0.29) is 13.0 Å². The van der Waals surface area contributed by atoms with Crippen molar-refractivity contribution in [2.75, 3.05) is 6.54 Å². The van der Waals surface area contributed by atoms with Gasteiger partial charge in [-0.2, -0.15) is 0 Å². The highest BCUT2D eigenvalue weighted by atomic mass is 16.4. The van der Waals surface area contributed by atoms with Crippen LogP contribution in [0.1, 0.15) is 58.2 Å². The first-order valence-corrected chi connectivity index (χ1v) is 10.7. The molecular weight excluding hydrogens is 426 g/mol. The topological polar surface area (TPSA) is 139 Å². The lowest BCUT2D eigenvalue weighted by molar-refractivity contribution is -0.142. The lowest BCUT2D eigenvalue weighted by Crippen LogP contribution is -2.58. The third-order valence-electron chi connectivity index (χ3n) is 5.65. The number of rotatable bonds is 6. The second-order valence-electron chi connectivity index (χ2n) is 10.0. The molecule has 1 aliphatic rings. The van der Waals surface area contributed by atoms with Gasteiger partial charge < -0.3 is 30.9 Å². The number of β-amino-alcohol motifs (C(OH)–C–C–N with tert-alkyl or cyclic N) is 1. The average Bonchev–Trinajstić information content (AvgIpc) is 3.10.